The highest BCUT2D eigenvalue weighted by molar-refractivity contribution is 6.31. The number of carbonyl (C=O) groups is 1. The van der Waals surface area contributed by atoms with Crippen LogP contribution in [0, 0.1) is 6.92 Å². The van der Waals surface area contributed by atoms with Gasteiger partial charge in [-0.3, -0.25) is 4.79 Å². The Kier molecular flexibility index (Phi) is 5.45. The fourth-order valence-corrected chi connectivity index (χ4v) is 1.71. The highest BCUT2D eigenvalue weighted by atomic mass is 35.5. The molecule has 0 aromatic heterocycles. The largest absolute Gasteiger partial charge is 0.342 e. The molecule has 1 rings (SSSR count). The molecule has 1 amide bonds. The third-order valence-electron chi connectivity index (χ3n) is 2.67. The zero-order chi connectivity index (χ0) is 12.8. The van der Waals surface area contributed by atoms with Crippen LogP contribution < -0.4 is 5.32 Å². The molecule has 0 atom stereocenters. The van der Waals surface area contributed by atoms with Crippen LogP contribution in [0.3, 0.4) is 0 Å². The number of aryl methyl sites for hydroxylation is 1. The highest BCUT2D eigenvalue weighted by Crippen LogP contribution is 2.17. The Balaban J connectivity index is 2.65. The van der Waals surface area contributed by atoms with E-state index in [2.05, 4.69) is 5.32 Å². The third kappa shape index (κ3) is 4.02. The molecular weight excluding hydrogens is 236 g/mol. The van der Waals surface area contributed by atoms with E-state index in [0.29, 0.717) is 10.6 Å². The zero-order valence-electron chi connectivity index (χ0n) is 10.6. The van der Waals surface area contributed by atoms with Crippen LogP contribution in [0.25, 0.3) is 0 Å². The van der Waals surface area contributed by atoms with Crippen molar-refractivity contribution in [2.24, 2.45) is 0 Å². The van der Waals surface area contributed by atoms with Crippen molar-refractivity contribution >= 4 is 17.5 Å². The molecule has 1 aromatic rings. The topological polar surface area (TPSA) is 32.3 Å². The van der Waals surface area contributed by atoms with E-state index < -0.39 is 0 Å². The Bertz CT molecular complexity index is 393. The van der Waals surface area contributed by atoms with Gasteiger partial charge in [-0.1, -0.05) is 11.6 Å². The lowest BCUT2D eigenvalue weighted by Crippen LogP contribution is -2.29. The van der Waals surface area contributed by atoms with E-state index in [1.54, 1.807) is 17.0 Å². The fraction of sp³-hybridized carbons (Fsp3) is 0.462. The molecule has 4 heteroatoms. The molecule has 94 valence electrons. The molecule has 0 bridgehead atoms. The first-order chi connectivity index (χ1) is 8.06. The van der Waals surface area contributed by atoms with Crippen molar-refractivity contribution < 1.29 is 4.79 Å². The monoisotopic (exact) mass is 254 g/mol. The minimum absolute atomic E-state index is 0.0425. The van der Waals surface area contributed by atoms with Gasteiger partial charge in [0.25, 0.3) is 5.91 Å². The lowest BCUT2D eigenvalue weighted by molar-refractivity contribution is 0.0793. The molecule has 0 spiro atoms. The summed E-state index contributed by atoms with van der Waals surface area (Å²) in [7, 11) is 3.73. The summed E-state index contributed by atoms with van der Waals surface area (Å²) in [5, 5.41) is 3.76. The Morgan fingerprint density at radius 2 is 2.18 bits per heavy atom. The summed E-state index contributed by atoms with van der Waals surface area (Å²) in [6, 6.07) is 5.37. The summed E-state index contributed by atoms with van der Waals surface area (Å²) in [6.45, 7) is 3.57. The summed E-state index contributed by atoms with van der Waals surface area (Å²) in [5.41, 5.74) is 1.62. The van der Waals surface area contributed by atoms with Crippen molar-refractivity contribution in [3.63, 3.8) is 0 Å². The number of nitrogens with zero attached hydrogens (tertiary/aromatic N) is 1. The quantitative estimate of drug-likeness (QED) is 0.818. The first-order valence-corrected chi connectivity index (χ1v) is 6.10. The minimum Gasteiger partial charge on any atom is -0.342 e. The number of amides is 1. The average Bonchev–Trinajstić information content (AvgIpc) is 2.32. The van der Waals surface area contributed by atoms with E-state index in [1.807, 2.05) is 27.1 Å². The van der Waals surface area contributed by atoms with Crippen LogP contribution in [-0.2, 0) is 0 Å². The first kappa shape index (κ1) is 14.0. The Labute approximate surface area is 108 Å². The van der Waals surface area contributed by atoms with Crippen LogP contribution in [-0.4, -0.2) is 38.0 Å². The molecule has 0 unspecified atom stereocenters. The van der Waals surface area contributed by atoms with Crippen molar-refractivity contribution in [3.8, 4) is 0 Å². The Morgan fingerprint density at radius 3 is 2.76 bits per heavy atom. The lowest BCUT2D eigenvalue weighted by Gasteiger charge is -2.17. The maximum atomic E-state index is 12.1. The van der Waals surface area contributed by atoms with Gasteiger partial charge in [0.15, 0.2) is 0 Å². The van der Waals surface area contributed by atoms with Gasteiger partial charge in [0.05, 0.1) is 0 Å². The predicted octanol–water partition coefficient (Wildman–Crippen LogP) is 2.33. The minimum atomic E-state index is 0.0425. The van der Waals surface area contributed by atoms with Gasteiger partial charge in [-0.05, 0) is 50.7 Å². The smallest absolute Gasteiger partial charge is 0.253 e. The molecule has 3 nitrogen and oxygen atoms in total. The number of nitrogens with one attached hydrogen (secondary N) is 1. The summed E-state index contributed by atoms with van der Waals surface area (Å²) in [6.07, 6.45) is 0.950. The molecule has 17 heavy (non-hydrogen) atoms. The van der Waals surface area contributed by atoms with Gasteiger partial charge in [-0.15, -0.1) is 0 Å². The second kappa shape index (κ2) is 6.62. The first-order valence-electron chi connectivity index (χ1n) is 5.72. The van der Waals surface area contributed by atoms with Gasteiger partial charge in [0, 0.05) is 24.2 Å². The van der Waals surface area contributed by atoms with E-state index in [1.165, 1.54) is 0 Å². The molecule has 1 N–H and O–H groups in total. The number of benzene rings is 1. The van der Waals surface area contributed by atoms with Crippen LogP contribution in [0.15, 0.2) is 18.2 Å². The predicted molar refractivity (Wildman–Crippen MR) is 71.7 cm³/mol. The third-order valence-corrected chi connectivity index (χ3v) is 3.10. The van der Waals surface area contributed by atoms with Crippen molar-refractivity contribution in [1.82, 2.24) is 10.2 Å². The number of hydrogen-bond acceptors (Lipinski definition) is 2. The average molecular weight is 255 g/mol. The fourth-order valence-electron chi connectivity index (χ4n) is 1.59. The van der Waals surface area contributed by atoms with Gasteiger partial charge in [-0.2, -0.15) is 0 Å². The molecular formula is C13H19ClN2O. The van der Waals surface area contributed by atoms with E-state index in [0.717, 1.165) is 25.1 Å². The van der Waals surface area contributed by atoms with Crippen molar-refractivity contribution in [1.29, 1.82) is 0 Å². The Hall–Kier alpha value is -1.06. The summed E-state index contributed by atoms with van der Waals surface area (Å²) in [5.74, 6) is 0.0425. The van der Waals surface area contributed by atoms with Gasteiger partial charge in [-0.25, -0.2) is 0 Å². The normalized spacial score (nSPS) is 10.4. The SMILES string of the molecule is CNCCCN(C)C(=O)c1ccc(Cl)c(C)c1. The van der Waals surface area contributed by atoms with Crippen LogP contribution in [0.5, 0.6) is 0 Å². The number of carbonyl (C=O) groups excluding carboxylic acids is 1. The van der Waals surface area contributed by atoms with E-state index in [-0.39, 0.29) is 5.91 Å². The van der Waals surface area contributed by atoms with E-state index >= 15 is 0 Å². The van der Waals surface area contributed by atoms with Gasteiger partial charge in [0.2, 0.25) is 0 Å². The molecule has 0 aliphatic heterocycles. The van der Waals surface area contributed by atoms with Crippen molar-refractivity contribution in [2.75, 3.05) is 27.2 Å². The second-order valence-corrected chi connectivity index (χ2v) is 4.55. The van der Waals surface area contributed by atoms with E-state index in [9.17, 15) is 4.79 Å². The number of hydrogen-bond donors (Lipinski definition) is 1. The summed E-state index contributed by atoms with van der Waals surface area (Å²) < 4.78 is 0. The molecule has 0 aliphatic rings. The molecule has 0 fully saturated rings. The lowest BCUT2D eigenvalue weighted by atomic mass is 10.1. The second-order valence-electron chi connectivity index (χ2n) is 4.15. The maximum absolute atomic E-state index is 12.1. The summed E-state index contributed by atoms with van der Waals surface area (Å²) >= 11 is 5.93. The number of rotatable bonds is 5. The van der Waals surface area contributed by atoms with Crippen molar-refractivity contribution in [2.45, 2.75) is 13.3 Å². The molecule has 0 radical (unpaired) electrons. The zero-order valence-corrected chi connectivity index (χ0v) is 11.3. The van der Waals surface area contributed by atoms with Crippen LogP contribution in [0.4, 0.5) is 0 Å². The van der Waals surface area contributed by atoms with Gasteiger partial charge in [0.1, 0.15) is 0 Å². The number of halogens is 1. The van der Waals surface area contributed by atoms with Crippen LogP contribution >= 0.6 is 11.6 Å². The molecule has 0 saturated heterocycles. The van der Waals surface area contributed by atoms with Gasteiger partial charge < -0.3 is 10.2 Å². The van der Waals surface area contributed by atoms with Gasteiger partial charge >= 0.3 is 0 Å². The summed E-state index contributed by atoms with van der Waals surface area (Å²) in [4.78, 5) is 13.8. The molecule has 0 saturated carbocycles. The maximum Gasteiger partial charge on any atom is 0.253 e. The molecule has 1 aromatic carbocycles. The van der Waals surface area contributed by atoms with Crippen LogP contribution in [0.1, 0.15) is 22.3 Å². The standard InChI is InChI=1S/C13H19ClN2O/c1-10-9-11(5-6-12(10)14)13(17)16(3)8-4-7-15-2/h5-6,9,15H,4,7-8H2,1-3H3. The molecule has 0 aliphatic carbocycles. The highest BCUT2D eigenvalue weighted by Gasteiger charge is 2.11. The van der Waals surface area contributed by atoms with Crippen LogP contribution in [0.2, 0.25) is 5.02 Å². The van der Waals surface area contributed by atoms with E-state index in [4.69, 9.17) is 11.6 Å². The van der Waals surface area contributed by atoms with Crippen molar-refractivity contribution in [3.05, 3.63) is 34.3 Å². The molecule has 0 heterocycles. The Morgan fingerprint density at radius 1 is 1.47 bits per heavy atom.